The first-order valence-corrected chi connectivity index (χ1v) is 8.88. The molecule has 2 aromatic rings. The normalized spacial score (nSPS) is 11.4. The van der Waals surface area contributed by atoms with Gasteiger partial charge in [0.2, 0.25) is 0 Å². The summed E-state index contributed by atoms with van der Waals surface area (Å²) in [6.07, 6.45) is 0. The van der Waals surface area contributed by atoms with Gasteiger partial charge in [-0.3, -0.25) is 0 Å². The number of anilines is 1. The monoisotopic (exact) mass is 371 g/mol. The molecule has 112 valence electrons. The number of sulfone groups is 1. The number of nitrogens with one attached hydrogen (secondary N) is 1. The fraction of sp³-hybridized carbons (Fsp3) is 0.200. The average Bonchev–Trinajstić information content (AvgIpc) is 2.49. The third-order valence-corrected chi connectivity index (χ3v) is 5.50. The Morgan fingerprint density at radius 3 is 2.57 bits per heavy atom. The molecule has 0 fully saturated rings. The van der Waals surface area contributed by atoms with Gasteiger partial charge in [-0.25, -0.2) is 12.8 Å². The van der Waals surface area contributed by atoms with Gasteiger partial charge in [-0.2, -0.15) is 0 Å². The van der Waals surface area contributed by atoms with Crippen molar-refractivity contribution in [3.63, 3.8) is 0 Å². The largest absolute Gasteiger partial charge is 0.380 e. The lowest BCUT2D eigenvalue weighted by molar-refractivity contribution is 0.597. The Kier molecular flexibility index (Phi) is 5.00. The molecule has 2 aromatic carbocycles. The molecule has 0 saturated carbocycles. The van der Waals surface area contributed by atoms with Crippen LogP contribution in [0.15, 0.2) is 51.8 Å². The van der Waals surface area contributed by atoms with Crippen molar-refractivity contribution in [3.05, 3.63) is 58.3 Å². The molecule has 2 rings (SSSR count). The van der Waals surface area contributed by atoms with E-state index in [1.807, 2.05) is 0 Å². The number of hydrogen-bond acceptors (Lipinski definition) is 3. The predicted octanol–water partition coefficient (Wildman–Crippen LogP) is 3.99. The maximum atomic E-state index is 13.5. The standard InChI is InChI=1S/C15H15BrFNO2S/c1-2-21(19,20)15-6-4-3-5-14(15)18-10-11-7-8-12(16)13(17)9-11/h3-9,18H,2,10H2,1H3. The second-order valence-corrected chi connectivity index (χ2v) is 7.60. The molecule has 0 aromatic heterocycles. The van der Waals surface area contributed by atoms with E-state index in [0.717, 1.165) is 5.56 Å². The van der Waals surface area contributed by atoms with Gasteiger partial charge in [-0.1, -0.05) is 25.1 Å². The van der Waals surface area contributed by atoms with Crippen molar-refractivity contribution in [1.29, 1.82) is 0 Å². The molecule has 0 radical (unpaired) electrons. The molecule has 0 aliphatic carbocycles. The number of hydrogen-bond donors (Lipinski definition) is 1. The highest BCUT2D eigenvalue weighted by atomic mass is 79.9. The molecule has 0 atom stereocenters. The third-order valence-electron chi connectivity index (χ3n) is 3.07. The van der Waals surface area contributed by atoms with Gasteiger partial charge in [0, 0.05) is 6.54 Å². The predicted molar refractivity (Wildman–Crippen MR) is 85.6 cm³/mol. The van der Waals surface area contributed by atoms with Gasteiger partial charge in [0.1, 0.15) is 5.82 Å². The summed E-state index contributed by atoms with van der Waals surface area (Å²) in [4.78, 5) is 0.269. The van der Waals surface area contributed by atoms with Crippen molar-refractivity contribution < 1.29 is 12.8 Å². The summed E-state index contributed by atoms with van der Waals surface area (Å²) in [5, 5.41) is 3.06. The van der Waals surface area contributed by atoms with Gasteiger partial charge >= 0.3 is 0 Å². The van der Waals surface area contributed by atoms with Crippen LogP contribution in [0.1, 0.15) is 12.5 Å². The van der Waals surface area contributed by atoms with E-state index in [-0.39, 0.29) is 16.5 Å². The Morgan fingerprint density at radius 2 is 1.90 bits per heavy atom. The van der Waals surface area contributed by atoms with E-state index >= 15 is 0 Å². The first-order valence-electron chi connectivity index (χ1n) is 6.43. The van der Waals surface area contributed by atoms with E-state index in [4.69, 9.17) is 0 Å². The van der Waals surface area contributed by atoms with Gasteiger partial charge in [-0.15, -0.1) is 0 Å². The zero-order valence-electron chi connectivity index (χ0n) is 11.4. The minimum absolute atomic E-state index is 0.0403. The minimum atomic E-state index is -3.29. The lowest BCUT2D eigenvalue weighted by Gasteiger charge is -2.12. The molecule has 1 N–H and O–H groups in total. The number of benzene rings is 2. The van der Waals surface area contributed by atoms with Crippen LogP contribution in [0.5, 0.6) is 0 Å². The van der Waals surface area contributed by atoms with E-state index in [1.165, 1.54) is 6.07 Å². The van der Waals surface area contributed by atoms with E-state index in [0.29, 0.717) is 16.7 Å². The fourth-order valence-corrected chi connectivity index (χ4v) is 3.21. The van der Waals surface area contributed by atoms with Crippen molar-refractivity contribution in [2.45, 2.75) is 18.4 Å². The highest BCUT2D eigenvalue weighted by Crippen LogP contribution is 2.23. The smallest absolute Gasteiger partial charge is 0.180 e. The SMILES string of the molecule is CCS(=O)(=O)c1ccccc1NCc1ccc(Br)c(F)c1. The van der Waals surface area contributed by atoms with Crippen LogP contribution in [0.2, 0.25) is 0 Å². The van der Waals surface area contributed by atoms with Gasteiger partial charge in [0.05, 0.1) is 20.8 Å². The Hall–Kier alpha value is -1.40. The van der Waals surface area contributed by atoms with E-state index < -0.39 is 9.84 Å². The molecule has 6 heteroatoms. The summed E-state index contributed by atoms with van der Waals surface area (Å²) in [5.74, 6) is -0.303. The molecule has 0 bridgehead atoms. The second kappa shape index (κ2) is 6.58. The Labute approximate surface area is 132 Å². The zero-order chi connectivity index (χ0) is 15.5. The molecule has 21 heavy (non-hydrogen) atoms. The zero-order valence-corrected chi connectivity index (χ0v) is 13.8. The molecule has 0 spiro atoms. The van der Waals surface area contributed by atoms with Gasteiger partial charge in [0.25, 0.3) is 0 Å². The van der Waals surface area contributed by atoms with E-state index in [1.54, 1.807) is 43.3 Å². The summed E-state index contributed by atoms with van der Waals surface area (Å²) >= 11 is 3.10. The molecule has 0 saturated heterocycles. The molecular weight excluding hydrogens is 357 g/mol. The summed E-state index contributed by atoms with van der Waals surface area (Å²) in [5.41, 5.74) is 1.27. The van der Waals surface area contributed by atoms with Crippen molar-refractivity contribution in [1.82, 2.24) is 0 Å². The summed E-state index contributed by atoms with van der Waals surface area (Å²) < 4.78 is 37.9. The van der Waals surface area contributed by atoms with Gasteiger partial charge in [0.15, 0.2) is 9.84 Å². The van der Waals surface area contributed by atoms with Crippen molar-refractivity contribution in [2.75, 3.05) is 11.1 Å². The topological polar surface area (TPSA) is 46.2 Å². The van der Waals surface area contributed by atoms with Crippen LogP contribution >= 0.6 is 15.9 Å². The number of halogens is 2. The third kappa shape index (κ3) is 3.83. The molecular formula is C15H15BrFNO2S. The minimum Gasteiger partial charge on any atom is -0.380 e. The summed E-state index contributed by atoms with van der Waals surface area (Å²) in [7, 11) is -3.29. The van der Waals surface area contributed by atoms with Crippen molar-refractivity contribution >= 4 is 31.5 Å². The summed E-state index contributed by atoms with van der Waals surface area (Å²) in [6.45, 7) is 1.96. The lowest BCUT2D eigenvalue weighted by Crippen LogP contribution is -2.09. The van der Waals surface area contributed by atoms with E-state index in [9.17, 15) is 12.8 Å². The summed E-state index contributed by atoms with van der Waals surface area (Å²) in [6, 6.07) is 11.5. The highest BCUT2D eigenvalue weighted by molar-refractivity contribution is 9.10. The Bertz CT molecular complexity index is 747. The molecule has 0 heterocycles. The number of rotatable bonds is 5. The maximum Gasteiger partial charge on any atom is 0.180 e. The maximum absolute atomic E-state index is 13.5. The lowest BCUT2D eigenvalue weighted by atomic mass is 10.2. The molecule has 0 amide bonds. The molecule has 0 aliphatic rings. The van der Waals surface area contributed by atoms with E-state index in [2.05, 4.69) is 21.2 Å². The van der Waals surface area contributed by atoms with Crippen LogP contribution in [0, 0.1) is 5.82 Å². The fourth-order valence-electron chi connectivity index (χ4n) is 1.89. The average molecular weight is 372 g/mol. The Balaban J connectivity index is 2.23. The van der Waals surface area contributed by atoms with Crippen molar-refractivity contribution in [2.24, 2.45) is 0 Å². The molecule has 0 aliphatic heterocycles. The van der Waals surface area contributed by atoms with Gasteiger partial charge in [-0.05, 0) is 45.8 Å². The quantitative estimate of drug-likeness (QED) is 0.863. The van der Waals surface area contributed by atoms with Crippen molar-refractivity contribution in [3.8, 4) is 0 Å². The van der Waals surface area contributed by atoms with Crippen LogP contribution < -0.4 is 5.32 Å². The highest BCUT2D eigenvalue weighted by Gasteiger charge is 2.15. The number of para-hydroxylation sites is 1. The van der Waals surface area contributed by atoms with Crippen LogP contribution in [-0.4, -0.2) is 14.2 Å². The second-order valence-electron chi connectivity index (χ2n) is 4.50. The molecule has 3 nitrogen and oxygen atoms in total. The van der Waals surface area contributed by atoms with Gasteiger partial charge < -0.3 is 5.32 Å². The first-order chi connectivity index (χ1) is 9.94. The Morgan fingerprint density at radius 1 is 1.19 bits per heavy atom. The van der Waals surface area contributed by atoms with Crippen LogP contribution in [0.3, 0.4) is 0 Å². The van der Waals surface area contributed by atoms with Crippen LogP contribution in [-0.2, 0) is 16.4 Å². The first kappa shape index (κ1) is 16.0. The van der Waals surface area contributed by atoms with Crippen LogP contribution in [0.25, 0.3) is 0 Å². The molecule has 0 unspecified atom stereocenters. The van der Waals surface area contributed by atoms with Crippen LogP contribution in [0.4, 0.5) is 10.1 Å².